The average molecular weight is 705 g/mol. The van der Waals surface area contributed by atoms with Crippen molar-refractivity contribution < 1.29 is 24.5 Å². The minimum Gasteiger partial charge on any atom is -0.508 e. The number of carbonyl (C=O) groups excluding carboxylic acids is 1. The third-order valence-electron chi connectivity index (χ3n) is 16.5. The van der Waals surface area contributed by atoms with Gasteiger partial charge in [-0.2, -0.15) is 0 Å². The molecule has 0 bridgehead atoms. The molecule has 0 heterocycles. The van der Waals surface area contributed by atoms with Crippen molar-refractivity contribution in [1.82, 2.24) is 0 Å². The van der Waals surface area contributed by atoms with Crippen molar-refractivity contribution in [2.24, 2.45) is 46.3 Å². The summed E-state index contributed by atoms with van der Waals surface area (Å²) in [5.41, 5.74) is 2.41. The van der Waals surface area contributed by atoms with Crippen LogP contribution in [0.2, 0.25) is 0 Å². The van der Waals surface area contributed by atoms with Gasteiger partial charge in [-0.3, -0.25) is 4.79 Å². The van der Waals surface area contributed by atoms with Crippen molar-refractivity contribution in [2.75, 3.05) is 0 Å². The van der Waals surface area contributed by atoms with Gasteiger partial charge in [-0.05, 0) is 179 Å². The maximum absolute atomic E-state index is 11.9. The van der Waals surface area contributed by atoms with E-state index in [2.05, 4.69) is 43.9 Å². The van der Waals surface area contributed by atoms with E-state index in [1.165, 1.54) is 67.9 Å². The molecule has 52 heavy (non-hydrogen) atoms. The molecule has 8 aliphatic rings. The van der Waals surface area contributed by atoms with Crippen LogP contribution in [-0.4, -0.2) is 33.5 Å². The van der Waals surface area contributed by atoms with Gasteiger partial charge in [0.1, 0.15) is 11.4 Å². The summed E-state index contributed by atoms with van der Waals surface area (Å²) in [6.07, 6.45) is 35.8. The first kappa shape index (κ1) is 35.9. The number of ether oxygens (including phenoxy) is 2. The van der Waals surface area contributed by atoms with Crippen LogP contribution in [0.15, 0.2) is 41.7 Å². The van der Waals surface area contributed by atoms with E-state index in [4.69, 9.17) is 22.3 Å². The minimum absolute atomic E-state index is 0.0961. The quantitative estimate of drug-likeness (QED) is 0.242. The minimum atomic E-state index is -0.919. The predicted octanol–water partition coefficient (Wildman–Crippen LogP) is 9.56. The number of phenols is 1. The maximum atomic E-state index is 11.9. The molecule has 5 saturated carbocycles. The molecule has 0 radical (unpaired) electrons. The number of aryl methyl sites for hydroxylation is 1. The summed E-state index contributed by atoms with van der Waals surface area (Å²) in [6, 6.07) is 5.87. The van der Waals surface area contributed by atoms with E-state index in [-0.39, 0.29) is 16.8 Å². The first-order valence-corrected chi connectivity index (χ1v) is 20.7. The first-order chi connectivity index (χ1) is 24.9. The van der Waals surface area contributed by atoms with Crippen LogP contribution in [0.1, 0.15) is 141 Å². The average Bonchev–Trinajstić information content (AvgIpc) is 3.83. The molecule has 0 spiro atoms. The van der Waals surface area contributed by atoms with Crippen LogP contribution in [0.25, 0.3) is 0 Å². The van der Waals surface area contributed by atoms with Gasteiger partial charge in [-0.1, -0.05) is 37.8 Å². The summed E-state index contributed by atoms with van der Waals surface area (Å²) in [6.45, 7) is 6.01. The Hall–Kier alpha value is -3.15. The summed E-state index contributed by atoms with van der Waals surface area (Å²) in [5.74, 6) is 11.4. The molecule has 0 unspecified atom stereocenters. The van der Waals surface area contributed by atoms with Crippen LogP contribution in [0.4, 0.5) is 0 Å². The van der Waals surface area contributed by atoms with Crippen LogP contribution in [-0.2, 0) is 20.7 Å². The lowest BCUT2D eigenvalue weighted by molar-refractivity contribution is -0.167. The highest BCUT2D eigenvalue weighted by Crippen LogP contribution is 2.66. The normalized spacial score (nSPS) is 42.8. The van der Waals surface area contributed by atoms with E-state index in [9.17, 15) is 15.0 Å². The van der Waals surface area contributed by atoms with E-state index in [0.717, 1.165) is 76.5 Å². The zero-order chi connectivity index (χ0) is 36.5. The molecule has 0 amide bonds. The Labute approximate surface area is 312 Å². The molecule has 5 fully saturated rings. The van der Waals surface area contributed by atoms with Gasteiger partial charge in [0, 0.05) is 24.2 Å². The van der Waals surface area contributed by atoms with Gasteiger partial charge in [-0.25, -0.2) is 0 Å². The number of hydrogen-bond acceptors (Lipinski definition) is 5. The summed E-state index contributed by atoms with van der Waals surface area (Å²) in [5, 5.41) is 20.6. The van der Waals surface area contributed by atoms with Crippen LogP contribution in [0.5, 0.6) is 5.75 Å². The first-order valence-electron chi connectivity index (χ1n) is 20.7. The third kappa shape index (κ3) is 5.58. The van der Waals surface area contributed by atoms with Gasteiger partial charge >= 0.3 is 5.97 Å². The van der Waals surface area contributed by atoms with Gasteiger partial charge in [-0.15, -0.1) is 12.8 Å². The van der Waals surface area contributed by atoms with Crippen molar-refractivity contribution in [3.8, 4) is 30.4 Å². The SMILES string of the molecule is C#C[C@@]1(O)CC[C@H]2[C@@H]3CCc4cc(O)ccc4[C@H]3CC[C@@]21C.C#C[C@@]1(OC(C)=O)CC[C@H]2[C@@H]3CC=C4C=C(OC5CCCC5)CC[C@@H]4[C@@H]3CC[C@@]21C. The van der Waals surface area contributed by atoms with E-state index >= 15 is 0 Å². The summed E-state index contributed by atoms with van der Waals surface area (Å²) in [4.78, 5) is 11.9. The van der Waals surface area contributed by atoms with Crippen molar-refractivity contribution in [3.63, 3.8) is 0 Å². The maximum Gasteiger partial charge on any atom is 0.304 e. The lowest BCUT2D eigenvalue weighted by atomic mass is 9.51. The van der Waals surface area contributed by atoms with Crippen LogP contribution in [0, 0.1) is 71.0 Å². The van der Waals surface area contributed by atoms with Crippen molar-refractivity contribution in [1.29, 1.82) is 0 Å². The highest BCUT2D eigenvalue weighted by molar-refractivity contribution is 5.67. The van der Waals surface area contributed by atoms with Crippen molar-refractivity contribution >= 4 is 5.97 Å². The number of hydrogen-bond donors (Lipinski definition) is 2. The van der Waals surface area contributed by atoms with E-state index in [1.54, 1.807) is 0 Å². The molecule has 0 aromatic heterocycles. The zero-order valence-corrected chi connectivity index (χ0v) is 31.8. The molecule has 5 nitrogen and oxygen atoms in total. The van der Waals surface area contributed by atoms with Crippen LogP contribution < -0.4 is 0 Å². The molecule has 5 heteroatoms. The molecule has 1 aromatic carbocycles. The second-order valence-electron chi connectivity index (χ2n) is 18.5. The van der Waals surface area contributed by atoms with E-state index in [0.29, 0.717) is 47.4 Å². The monoisotopic (exact) mass is 704 g/mol. The molecule has 8 aliphatic carbocycles. The molecule has 0 aliphatic heterocycles. The number of benzene rings is 1. The number of terminal acetylenes is 2. The Morgan fingerprint density at radius 2 is 1.58 bits per heavy atom. The Morgan fingerprint density at radius 1 is 0.827 bits per heavy atom. The van der Waals surface area contributed by atoms with Gasteiger partial charge in [0.15, 0.2) is 5.60 Å². The fraction of sp³-hybridized carbons (Fsp3) is 0.681. The lowest BCUT2D eigenvalue weighted by Crippen LogP contribution is -2.53. The number of rotatable bonds is 3. The smallest absolute Gasteiger partial charge is 0.304 e. The van der Waals surface area contributed by atoms with Crippen LogP contribution in [0.3, 0.4) is 0 Å². The van der Waals surface area contributed by atoms with Crippen molar-refractivity contribution in [2.45, 2.75) is 153 Å². The molecule has 11 atom stereocenters. The highest BCUT2D eigenvalue weighted by atomic mass is 16.6. The lowest BCUT2D eigenvalue weighted by Gasteiger charge is -2.54. The zero-order valence-electron chi connectivity index (χ0n) is 31.8. The molecular formula is C47H60O5. The summed E-state index contributed by atoms with van der Waals surface area (Å²) >= 11 is 0. The van der Waals surface area contributed by atoms with Crippen LogP contribution >= 0.6 is 0 Å². The summed E-state index contributed by atoms with van der Waals surface area (Å²) < 4.78 is 12.2. The Bertz CT molecular complexity index is 1720. The fourth-order valence-corrected chi connectivity index (χ4v) is 13.7. The van der Waals surface area contributed by atoms with Gasteiger partial charge in [0.25, 0.3) is 0 Å². The van der Waals surface area contributed by atoms with Crippen molar-refractivity contribution in [3.05, 3.63) is 52.8 Å². The highest BCUT2D eigenvalue weighted by Gasteiger charge is 2.64. The van der Waals surface area contributed by atoms with Gasteiger partial charge in [0.05, 0.1) is 11.9 Å². The number of esters is 1. The number of aliphatic hydroxyl groups is 1. The Balaban J connectivity index is 0.000000156. The molecule has 278 valence electrons. The largest absolute Gasteiger partial charge is 0.508 e. The molecule has 2 N–H and O–H groups in total. The van der Waals surface area contributed by atoms with E-state index in [1.807, 2.05) is 12.1 Å². The third-order valence-corrected chi connectivity index (χ3v) is 16.5. The summed E-state index contributed by atoms with van der Waals surface area (Å²) in [7, 11) is 0. The standard InChI is InChI=1S/C27H36O3.C20H24O2/c1-4-27(30-18(2)28)16-14-25-24-11-9-19-17-21(29-20-7-5-6-8-20)10-12-22(19)23(24)13-15-26(25,27)3;1-3-20(22)11-9-18-17-6-4-13-12-14(21)5-7-15(13)16(17)8-10-19(18,20)2/h1,9,17,20,22-25H,5-8,10-16H2,2-3H3;1,5,7,12,16-18,21-22H,4,6,8-11H2,2H3/t22-,23-,24+,25-,26-,27+;16-,17-,18+,19+,20-/m01/s1. The predicted molar refractivity (Wildman–Crippen MR) is 204 cm³/mol. The molecular weight excluding hydrogens is 645 g/mol. The molecule has 9 rings (SSSR count). The molecule has 0 saturated heterocycles. The van der Waals surface area contributed by atoms with E-state index < -0.39 is 11.2 Å². The number of carbonyl (C=O) groups is 1. The Morgan fingerprint density at radius 3 is 2.33 bits per heavy atom. The second-order valence-corrected chi connectivity index (χ2v) is 18.5. The Kier molecular flexibility index (Phi) is 9.17. The number of aromatic hydroxyl groups is 1. The fourth-order valence-electron chi connectivity index (χ4n) is 13.7. The van der Waals surface area contributed by atoms with Gasteiger partial charge in [0.2, 0.25) is 0 Å². The van der Waals surface area contributed by atoms with Gasteiger partial charge < -0.3 is 19.7 Å². The number of fused-ring (bicyclic) bond motifs is 10. The second kappa shape index (κ2) is 13.3. The number of allylic oxidation sites excluding steroid dienone is 4. The molecule has 1 aromatic rings. The number of phenolic OH excluding ortho intramolecular Hbond substituents is 1. The topological polar surface area (TPSA) is 76.0 Å².